The Hall–Kier alpha value is -0.820. The standard InChI is InChI=1S/C14H19N/c1-2-5-11(6-3-1)12-9-13-7-4-8-14(10-12)15-13/h1-3,5-6,12-15H,4,7-10H2. The first-order valence-electron chi connectivity index (χ1n) is 6.23. The van der Waals surface area contributed by atoms with Crippen LogP contribution >= 0.6 is 0 Å². The van der Waals surface area contributed by atoms with Crippen LogP contribution < -0.4 is 5.32 Å². The summed E-state index contributed by atoms with van der Waals surface area (Å²) in [5.74, 6) is 0.808. The Morgan fingerprint density at radius 1 is 0.933 bits per heavy atom. The first-order valence-corrected chi connectivity index (χ1v) is 6.23. The van der Waals surface area contributed by atoms with Gasteiger partial charge in [-0.3, -0.25) is 0 Å². The van der Waals surface area contributed by atoms with E-state index in [1.54, 1.807) is 5.56 Å². The highest BCUT2D eigenvalue weighted by Gasteiger charge is 2.31. The van der Waals surface area contributed by atoms with E-state index in [0.717, 1.165) is 18.0 Å². The molecule has 0 aromatic heterocycles. The highest BCUT2D eigenvalue weighted by Crippen LogP contribution is 2.35. The van der Waals surface area contributed by atoms with Crippen LogP contribution in [0.3, 0.4) is 0 Å². The Morgan fingerprint density at radius 2 is 1.60 bits per heavy atom. The van der Waals surface area contributed by atoms with Crippen LogP contribution in [-0.2, 0) is 0 Å². The first kappa shape index (κ1) is 9.41. The largest absolute Gasteiger partial charge is 0.311 e. The van der Waals surface area contributed by atoms with Gasteiger partial charge in [-0.05, 0) is 37.2 Å². The molecule has 2 unspecified atom stereocenters. The van der Waals surface area contributed by atoms with Gasteiger partial charge in [-0.15, -0.1) is 0 Å². The van der Waals surface area contributed by atoms with Crippen molar-refractivity contribution in [2.75, 3.05) is 0 Å². The van der Waals surface area contributed by atoms with Crippen molar-refractivity contribution in [3.63, 3.8) is 0 Å². The molecule has 2 aliphatic heterocycles. The molecule has 0 spiro atoms. The summed E-state index contributed by atoms with van der Waals surface area (Å²) >= 11 is 0. The van der Waals surface area contributed by atoms with E-state index in [1.807, 2.05) is 0 Å². The summed E-state index contributed by atoms with van der Waals surface area (Å²) < 4.78 is 0. The van der Waals surface area contributed by atoms with Gasteiger partial charge in [0.15, 0.2) is 0 Å². The van der Waals surface area contributed by atoms with E-state index in [0.29, 0.717) is 0 Å². The topological polar surface area (TPSA) is 12.0 Å². The molecule has 1 N–H and O–H groups in total. The number of hydrogen-bond acceptors (Lipinski definition) is 1. The van der Waals surface area contributed by atoms with Gasteiger partial charge in [0.1, 0.15) is 0 Å². The van der Waals surface area contributed by atoms with E-state index in [1.165, 1.54) is 32.1 Å². The van der Waals surface area contributed by atoms with E-state index in [9.17, 15) is 0 Å². The van der Waals surface area contributed by atoms with Crippen molar-refractivity contribution in [2.24, 2.45) is 0 Å². The van der Waals surface area contributed by atoms with Crippen LogP contribution in [0.1, 0.15) is 43.6 Å². The lowest BCUT2D eigenvalue weighted by atomic mass is 9.77. The highest BCUT2D eigenvalue weighted by atomic mass is 15.0. The van der Waals surface area contributed by atoms with E-state index < -0.39 is 0 Å². The van der Waals surface area contributed by atoms with E-state index >= 15 is 0 Å². The summed E-state index contributed by atoms with van der Waals surface area (Å²) in [6.07, 6.45) is 6.91. The molecule has 0 saturated carbocycles. The number of hydrogen-bond donors (Lipinski definition) is 1. The van der Waals surface area contributed by atoms with Crippen molar-refractivity contribution in [2.45, 2.75) is 50.1 Å². The van der Waals surface area contributed by atoms with Gasteiger partial charge in [0.05, 0.1) is 0 Å². The average molecular weight is 201 g/mol. The molecule has 2 fully saturated rings. The molecule has 2 atom stereocenters. The van der Waals surface area contributed by atoms with Crippen LogP contribution in [0.4, 0.5) is 0 Å². The van der Waals surface area contributed by atoms with Crippen molar-refractivity contribution in [3.8, 4) is 0 Å². The Balaban J connectivity index is 1.78. The van der Waals surface area contributed by atoms with Crippen LogP contribution in [0.5, 0.6) is 0 Å². The fraction of sp³-hybridized carbons (Fsp3) is 0.571. The molecule has 1 aromatic rings. The molecule has 2 saturated heterocycles. The minimum atomic E-state index is 0.794. The number of fused-ring (bicyclic) bond motifs is 2. The minimum Gasteiger partial charge on any atom is -0.311 e. The molecule has 3 rings (SSSR count). The fourth-order valence-electron chi connectivity index (χ4n) is 3.26. The Bertz CT molecular complexity index is 307. The van der Waals surface area contributed by atoms with Crippen molar-refractivity contribution in [1.82, 2.24) is 5.32 Å². The van der Waals surface area contributed by atoms with Crippen LogP contribution in [0.2, 0.25) is 0 Å². The van der Waals surface area contributed by atoms with Crippen LogP contribution in [0.25, 0.3) is 0 Å². The van der Waals surface area contributed by atoms with Crippen molar-refractivity contribution in [1.29, 1.82) is 0 Å². The quantitative estimate of drug-likeness (QED) is 0.736. The average Bonchev–Trinajstić information content (AvgIpc) is 2.30. The monoisotopic (exact) mass is 201 g/mol. The van der Waals surface area contributed by atoms with Gasteiger partial charge in [-0.1, -0.05) is 36.8 Å². The van der Waals surface area contributed by atoms with Gasteiger partial charge < -0.3 is 5.32 Å². The molecule has 0 radical (unpaired) electrons. The summed E-state index contributed by atoms with van der Waals surface area (Å²) in [6.45, 7) is 0. The minimum absolute atomic E-state index is 0.794. The molecule has 0 aliphatic carbocycles. The maximum absolute atomic E-state index is 3.75. The zero-order chi connectivity index (χ0) is 10.1. The number of piperidine rings is 2. The van der Waals surface area contributed by atoms with Gasteiger partial charge in [-0.25, -0.2) is 0 Å². The van der Waals surface area contributed by atoms with Gasteiger partial charge in [0.25, 0.3) is 0 Å². The SMILES string of the molecule is c1ccc(C2CC3CCCC(C2)N3)cc1. The molecular weight excluding hydrogens is 182 g/mol. The fourth-order valence-corrected chi connectivity index (χ4v) is 3.26. The Morgan fingerprint density at radius 3 is 2.27 bits per heavy atom. The lowest BCUT2D eigenvalue weighted by Gasteiger charge is -2.40. The number of benzene rings is 1. The maximum atomic E-state index is 3.75. The molecule has 1 heteroatoms. The number of nitrogens with one attached hydrogen (secondary N) is 1. The van der Waals surface area contributed by atoms with Crippen LogP contribution in [0.15, 0.2) is 30.3 Å². The molecule has 15 heavy (non-hydrogen) atoms. The van der Waals surface area contributed by atoms with Gasteiger partial charge in [0.2, 0.25) is 0 Å². The lowest BCUT2D eigenvalue weighted by Crippen LogP contribution is -2.47. The third kappa shape index (κ3) is 1.93. The van der Waals surface area contributed by atoms with Crippen molar-refractivity contribution >= 4 is 0 Å². The van der Waals surface area contributed by atoms with Crippen molar-refractivity contribution < 1.29 is 0 Å². The molecule has 80 valence electrons. The van der Waals surface area contributed by atoms with Gasteiger partial charge >= 0.3 is 0 Å². The second-order valence-electron chi connectivity index (χ2n) is 5.07. The van der Waals surface area contributed by atoms with Crippen molar-refractivity contribution in [3.05, 3.63) is 35.9 Å². The molecule has 2 bridgehead atoms. The highest BCUT2D eigenvalue weighted by molar-refractivity contribution is 5.21. The molecule has 2 aliphatic rings. The van der Waals surface area contributed by atoms with E-state index in [4.69, 9.17) is 0 Å². The molecule has 1 aromatic carbocycles. The molecule has 2 heterocycles. The predicted molar refractivity (Wildman–Crippen MR) is 63.0 cm³/mol. The lowest BCUT2D eigenvalue weighted by molar-refractivity contribution is 0.221. The smallest absolute Gasteiger partial charge is 0.00755 e. The first-order chi connectivity index (χ1) is 7.42. The van der Waals surface area contributed by atoms with E-state index in [2.05, 4.69) is 35.6 Å². The summed E-state index contributed by atoms with van der Waals surface area (Å²) in [4.78, 5) is 0. The second-order valence-corrected chi connectivity index (χ2v) is 5.07. The molecular formula is C14H19N. The summed E-state index contributed by atoms with van der Waals surface area (Å²) in [7, 11) is 0. The maximum Gasteiger partial charge on any atom is 0.00755 e. The predicted octanol–water partition coefficient (Wildman–Crippen LogP) is 3.07. The Kier molecular flexibility index (Phi) is 2.49. The molecule has 0 amide bonds. The zero-order valence-electron chi connectivity index (χ0n) is 9.15. The third-order valence-corrected chi connectivity index (χ3v) is 3.99. The van der Waals surface area contributed by atoms with E-state index in [-0.39, 0.29) is 0 Å². The van der Waals surface area contributed by atoms with Gasteiger partial charge in [0, 0.05) is 12.1 Å². The molecule has 1 nitrogen and oxygen atoms in total. The summed E-state index contributed by atoms with van der Waals surface area (Å²) in [6, 6.07) is 12.6. The zero-order valence-corrected chi connectivity index (χ0v) is 9.15. The Labute approximate surface area is 91.9 Å². The van der Waals surface area contributed by atoms with Crippen LogP contribution in [0, 0.1) is 0 Å². The summed E-state index contributed by atoms with van der Waals surface area (Å²) in [5.41, 5.74) is 1.55. The normalized spacial score (nSPS) is 35.1. The van der Waals surface area contributed by atoms with Crippen LogP contribution in [-0.4, -0.2) is 12.1 Å². The number of rotatable bonds is 1. The summed E-state index contributed by atoms with van der Waals surface area (Å²) in [5, 5.41) is 3.75. The second kappa shape index (κ2) is 3.97. The third-order valence-electron chi connectivity index (χ3n) is 3.99. The van der Waals surface area contributed by atoms with Gasteiger partial charge in [-0.2, -0.15) is 0 Å².